The van der Waals surface area contributed by atoms with Crippen molar-refractivity contribution in [2.24, 2.45) is 0 Å². The van der Waals surface area contributed by atoms with Crippen LogP contribution in [0, 0.1) is 5.21 Å². The Labute approximate surface area is 181 Å². The first-order chi connectivity index (χ1) is 15.0. The van der Waals surface area contributed by atoms with Crippen LogP contribution in [0.5, 0.6) is 0 Å². The third-order valence-electron chi connectivity index (χ3n) is 5.09. The standard InChI is InChI=1S/C26H23N3O2/c1-27(2)21-15-17-22(18-16-21)28(31)19-26(30)29(23-11-4-3-5-12-23)25-14-8-10-20-9-6-7-13-24(20)25/h3-19H,1-2H3/b28-19-. The molecule has 4 aromatic carbocycles. The largest absolute Gasteiger partial charge is 0.618 e. The first-order valence-corrected chi connectivity index (χ1v) is 10.00. The van der Waals surface area contributed by atoms with Crippen molar-refractivity contribution in [3.63, 3.8) is 0 Å². The van der Waals surface area contributed by atoms with Crippen LogP contribution in [0.1, 0.15) is 0 Å². The zero-order valence-electron chi connectivity index (χ0n) is 17.5. The van der Waals surface area contributed by atoms with Gasteiger partial charge in [-0.25, -0.2) is 0 Å². The van der Waals surface area contributed by atoms with E-state index in [1.54, 1.807) is 17.0 Å². The molecule has 31 heavy (non-hydrogen) atoms. The molecule has 4 aromatic rings. The Hall–Kier alpha value is -4.12. The molecule has 0 N–H and O–H groups in total. The maximum Gasteiger partial charge on any atom is 0.321 e. The number of rotatable bonds is 5. The number of anilines is 3. The maximum atomic E-state index is 13.4. The fourth-order valence-corrected chi connectivity index (χ4v) is 3.50. The average Bonchev–Trinajstić information content (AvgIpc) is 2.80. The van der Waals surface area contributed by atoms with Gasteiger partial charge in [0.25, 0.3) is 0 Å². The third-order valence-corrected chi connectivity index (χ3v) is 5.09. The number of benzene rings is 4. The van der Waals surface area contributed by atoms with E-state index in [0.29, 0.717) is 16.1 Å². The molecule has 154 valence electrons. The first kappa shape index (κ1) is 20.2. The van der Waals surface area contributed by atoms with Crippen molar-refractivity contribution in [1.29, 1.82) is 0 Å². The Morgan fingerprint density at radius 2 is 1.42 bits per heavy atom. The topological polar surface area (TPSA) is 49.6 Å². The predicted octanol–water partition coefficient (Wildman–Crippen LogP) is 5.48. The minimum Gasteiger partial charge on any atom is -0.618 e. The molecule has 0 aromatic heterocycles. The molecule has 0 atom stereocenters. The van der Waals surface area contributed by atoms with Gasteiger partial charge in [-0.15, -0.1) is 0 Å². The van der Waals surface area contributed by atoms with Gasteiger partial charge in [-0.1, -0.05) is 54.6 Å². The quantitative estimate of drug-likeness (QED) is 0.190. The summed E-state index contributed by atoms with van der Waals surface area (Å²) >= 11 is 0. The second kappa shape index (κ2) is 8.71. The van der Waals surface area contributed by atoms with E-state index < -0.39 is 5.91 Å². The van der Waals surface area contributed by atoms with Gasteiger partial charge in [0.05, 0.1) is 5.69 Å². The molecule has 0 saturated heterocycles. The number of nitrogens with zero attached hydrogens (tertiary/aromatic N) is 3. The lowest BCUT2D eigenvalue weighted by atomic mass is 10.1. The van der Waals surface area contributed by atoms with Crippen molar-refractivity contribution in [3.8, 4) is 0 Å². The third kappa shape index (κ3) is 4.26. The zero-order valence-corrected chi connectivity index (χ0v) is 17.5. The molecule has 4 rings (SSSR count). The highest BCUT2D eigenvalue weighted by Crippen LogP contribution is 2.32. The number of amides is 1. The minimum absolute atomic E-state index is 0.393. The molecule has 1 amide bonds. The summed E-state index contributed by atoms with van der Waals surface area (Å²) in [4.78, 5) is 16.9. The smallest absolute Gasteiger partial charge is 0.321 e. The second-order valence-electron chi connectivity index (χ2n) is 7.37. The van der Waals surface area contributed by atoms with Crippen molar-refractivity contribution in [2.45, 2.75) is 0 Å². The molecule has 0 aliphatic rings. The minimum atomic E-state index is -0.422. The first-order valence-electron chi connectivity index (χ1n) is 10.00. The number of carbonyl (C=O) groups is 1. The van der Waals surface area contributed by atoms with Gasteiger partial charge in [0, 0.05) is 43.0 Å². The summed E-state index contributed by atoms with van der Waals surface area (Å²) in [6.07, 6.45) is 1.08. The van der Waals surface area contributed by atoms with Crippen LogP contribution >= 0.6 is 0 Å². The van der Waals surface area contributed by atoms with E-state index in [9.17, 15) is 10.0 Å². The maximum absolute atomic E-state index is 13.4. The number of hydrogen-bond donors (Lipinski definition) is 0. The number of carbonyl (C=O) groups excluding carboxylic acids is 1. The molecule has 0 spiro atoms. The molecule has 0 aliphatic carbocycles. The molecule has 0 heterocycles. The van der Waals surface area contributed by atoms with E-state index in [1.165, 1.54) is 0 Å². The van der Waals surface area contributed by atoms with E-state index >= 15 is 0 Å². The highest BCUT2D eigenvalue weighted by Gasteiger charge is 2.21. The molecule has 0 bridgehead atoms. The summed E-state index contributed by atoms with van der Waals surface area (Å²) < 4.78 is 0.614. The van der Waals surface area contributed by atoms with Crippen LogP contribution in [0.15, 0.2) is 97.1 Å². The van der Waals surface area contributed by atoms with Crippen molar-refractivity contribution >= 4 is 45.6 Å². The van der Waals surface area contributed by atoms with Crippen molar-refractivity contribution in [2.75, 3.05) is 23.9 Å². The molecule has 0 saturated carbocycles. The fraction of sp³-hybridized carbons (Fsp3) is 0.0769. The van der Waals surface area contributed by atoms with Crippen LogP contribution in [0.4, 0.5) is 22.7 Å². The molecular weight excluding hydrogens is 386 g/mol. The van der Waals surface area contributed by atoms with Crippen LogP contribution in [0.25, 0.3) is 10.8 Å². The van der Waals surface area contributed by atoms with Crippen LogP contribution in [0.3, 0.4) is 0 Å². The lowest BCUT2D eigenvalue weighted by Gasteiger charge is -2.22. The summed E-state index contributed by atoms with van der Waals surface area (Å²) in [6, 6.07) is 30.1. The van der Waals surface area contributed by atoms with E-state index in [-0.39, 0.29) is 0 Å². The molecular formula is C26H23N3O2. The number of fused-ring (bicyclic) bond motifs is 1. The molecule has 0 radical (unpaired) electrons. The van der Waals surface area contributed by atoms with Crippen molar-refractivity contribution in [3.05, 3.63) is 102 Å². The van der Waals surface area contributed by atoms with Gasteiger partial charge >= 0.3 is 5.91 Å². The highest BCUT2D eigenvalue weighted by molar-refractivity contribution is 6.34. The van der Waals surface area contributed by atoms with Crippen LogP contribution < -0.4 is 9.80 Å². The molecule has 0 unspecified atom stereocenters. The summed E-state index contributed by atoms with van der Waals surface area (Å²) in [5, 5.41) is 14.7. The molecule has 0 aliphatic heterocycles. The summed E-state index contributed by atoms with van der Waals surface area (Å²) in [5.41, 5.74) is 2.79. The Bertz CT molecular complexity index is 1230. The van der Waals surface area contributed by atoms with E-state index in [2.05, 4.69) is 0 Å². The summed E-state index contributed by atoms with van der Waals surface area (Å²) in [7, 11) is 3.86. The summed E-state index contributed by atoms with van der Waals surface area (Å²) in [5.74, 6) is -0.422. The van der Waals surface area contributed by atoms with Gasteiger partial charge in [0.1, 0.15) is 0 Å². The zero-order chi connectivity index (χ0) is 21.8. The normalized spacial score (nSPS) is 11.4. The Morgan fingerprint density at radius 3 is 2.13 bits per heavy atom. The fourth-order valence-electron chi connectivity index (χ4n) is 3.50. The van der Waals surface area contributed by atoms with Crippen LogP contribution in [-0.4, -0.2) is 31.0 Å². The Balaban J connectivity index is 1.77. The van der Waals surface area contributed by atoms with Gasteiger partial charge in [0.15, 0.2) is 0 Å². The highest BCUT2D eigenvalue weighted by atomic mass is 16.5. The van der Waals surface area contributed by atoms with E-state index in [1.807, 2.05) is 104 Å². The predicted molar refractivity (Wildman–Crippen MR) is 128 cm³/mol. The lowest BCUT2D eigenvalue weighted by molar-refractivity contribution is -0.354. The Kier molecular flexibility index (Phi) is 5.67. The van der Waals surface area contributed by atoms with Gasteiger partial charge < -0.3 is 10.1 Å². The average molecular weight is 409 g/mol. The van der Waals surface area contributed by atoms with Crippen molar-refractivity contribution in [1.82, 2.24) is 0 Å². The monoisotopic (exact) mass is 409 g/mol. The van der Waals surface area contributed by atoms with E-state index in [0.717, 1.165) is 28.4 Å². The van der Waals surface area contributed by atoms with Gasteiger partial charge in [-0.05, 0) is 35.7 Å². The molecule has 5 nitrogen and oxygen atoms in total. The van der Waals surface area contributed by atoms with Gasteiger partial charge in [-0.2, -0.15) is 4.74 Å². The Morgan fingerprint density at radius 1 is 0.774 bits per heavy atom. The van der Waals surface area contributed by atoms with Crippen LogP contribution in [-0.2, 0) is 4.79 Å². The van der Waals surface area contributed by atoms with Gasteiger partial charge in [-0.3, -0.25) is 9.69 Å². The lowest BCUT2D eigenvalue weighted by Crippen LogP contribution is -2.29. The van der Waals surface area contributed by atoms with E-state index in [4.69, 9.17) is 0 Å². The molecule has 0 fully saturated rings. The number of para-hydroxylation sites is 1. The second-order valence-corrected chi connectivity index (χ2v) is 7.37. The van der Waals surface area contributed by atoms with Crippen molar-refractivity contribution < 1.29 is 9.53 Å². The summed E-state index contributed by atoms with van der Waals surface area (Å²) in [6.45, 7) is 0. The SMILES string of the molecule is CN(C)c1ccc(/[N+]([O-])=C/C(=O)N(c2ccccc2)c2cccc3ccccc23)cc1. The number of hydrogen-bond acceptors (Lipinski definition) is 3. The molecule has 5 heteroatoms. The van der Waals surface area contributed by atoms with Gasteiger partial charge in [0.2, 0.25) is 11.9 Å². The van der Waals surface area contributed by atoms with Crippen LogP contribution in [0.2, 0.25) is 0 Å².